The maximum absolute atomic E-state index is 12.6. The van der Waals surface area contributed by atoms with E-state index in [0.717, 1.165) is 22.3 Å². The number of rotatable bonds is 4. The molecule has 1 aromatic heterocycles. The second-order valence-electron chi connectivity index (χ2n) is 5.40. The van der Waals surface area contributed by atoms with Gasteiger partial charge in [0.2, 0.25) is 0 Å². The van der Waals surface area contributed by atoms with Gasteiger partial charge in [-0.15, -0.1) is 0 Å². The molecule has 2 aromatic carbocycles. The highest BCUT2D eigenvalue weighted by Crippen LogP contribution is 2.28. The van der Waals surface area contributed by atoms with E-state index >= 15 is 0 Å². The van der Waals surface area contributed by atoms with Crippen molar-refractivity contribution in [3.05, 3.63) is 84.1 Å². The lowest BCUT2D eigenvalue weighted by molar-refractivity contribution is 0.591. The van der Waals surface area contributed by atoms with Gasteiger partial charge in [0.25, 0.3) is 0 Å². The standard InChI is InChI=1S/C19H17NO2S/c1-15-8-2-4-10-17(15)18-11-5-3-9-16(18)14-23(21,22)19-12-6-7-13-20-19/h2-13H,14H2,1H3. The molecule has 116 valence electrons. The smallest absolute Gasteiger partial charge is 0.199 e. The summed E-state index contributed by atoms with van der Waals surface area (Å²) in [7, 11) is -3.47. The molecule has 0 spiro atoms. The van der Waals surface area contributed by atoms with Gasteiger partial charge >= 0.3 is 0 Å². The van der Waals surface area contributed by atoms with Crippen LogP contribution >= 0.6 is 0 Å². The molecule has 3 rings (SSSR count). The Morgan fingerprint density at radius 3 is 2.17 bits per heavy atom. The highest BCUT2D eigenvalue weighted by atomic mass is 32.2. The SMILES string of the molecule is Cc1ccccc1-c1ccccc1CS(=O)(=O)c1ccccn1. The Labute approximate surface area is 136 Å². The maximum Gasteiger partial charge on any atom is 0.199 e. The van der Waals surface area contributed by atoms with E-state index < -0.39 is 9.84 Å². The summed E-state index contributed by atoms with van der Waals surface area (Å²) in [6.07, 6.45) is 1.50. The molecule has 0 aliphatic carbocycles. The van der Waals surface area contributed by atoms with E-state index in [0.29, 0.717) is 0 Å². The molecule has 23 heavy (non-hydrogen) atoms. The van der Waals surface area contributed by atoms with Gasteiger partial charge in [-0.05, 0) is 41.3 Å². The summed E-state index contributed by atoms with van der Waals surface area (Å²) in [5.41, 5.74) is 3.91. The Morgan fingerprint density at radius 1 is 0.826 bits per heavy atom. The van der Waals surface area contributed by atoms with Gasteiger partial charge in [-0.25, -0.2) is 13.4 Å². The van der Waals surface area contributed by atoms with Crippen LogP contribution in [0.15, 0.2) is 78.0 Å². The van der Waals surface area contributed by atoms with Crippen LogP contribution in [-0.2, 0) is 15.6 Å². The number of benzene rings is 2. The van der Waals surface area contributed by atoms with Gasteiger partial charge in [0.05, 0.1) is 5.75 Å². The Morgan fingerprint density at radius 2 is 1.48 bits per heavy atom. The van der Waals surface area contributed by atoms with Gasteiger partial charge in [0.15, 0.2) is 14.9 Å². The summed E-state index contributed by atoms with van der Waals surface area (Å²) in [6.45, 7) is 2.03. The fourth-order valence-electron chi connectivity index (χ4n) is 2.59. The van der Waals surface area contributed by atoms with Crippen molar-refractivity contribution in [1.29, 1.82) is 0 Å². The third-order valence-corrected chi connectivity index (χ3v) is 5.32. The zero-order valence-corrected chi connectivity index (χ0v) is 13.6. The third kappa shape index (κ3) is 3.32. The molecule has 0 radical (unpaired) electrons. The molecule has 3 aromatic rings. The van der Waals surface area contributed by atoms with Crippen molar-refractivity contribution < 1.29 is 8.42 Å². The van der Waals surface area contributed by atoms with Crippen LogP contribution in [0, 0.1) is 6.92 Å². The van der Waals surface area contributed by atoms with E-state index in [9.17, 15) is 8.42 Å². The largest absolute Gasteiger partial charge is 0.245 e. The minimum atomic E-state index is -3.47. The Kier molecular flexibility index (Phi) is 4.26. The molecular formula is C19H17NO2S. The second-order valence-corrected chi connectivity index (χ2v) is 7.34. The quantitative estimate of drug-likeness (QED) is 0.728. The molecular weight excluding hydrogens is 306 g/mol. The summed E-state index contributed by atoms with van der Waals surface area (Å²) in [6, 6.07) is 20.5. The summed E-state index contributed by atoms with van der Waals surface area (Å²) in [5.74, 6) is -0.0610. The van der Waals surface area contributed by atoms with Gasteiger partial charge in [-0.2, -0.15) is 0 Å². The number of hydrogen-bond donors (Lipinski definition) is 0. The van der Waals surface area contributed by atoms with Crippen molar-refractivity contribution >= 4 is 9.84 Å². The van der Waals surface area contributed by atoms with Crippen molar-refractivity contribution in [3.8, 4) is 11.1 Å². The molecule has 3 nitrogen and oxygen atoms in total. The molecule has 4 heteroatoms. The van der Waals surface area contributed by atoms with E-state index in [1.807, 2.05) is 55.5 Å². The highest BCUT2D eigenvalue weighted by molar-refractivity contribution is 7.90. The number of pyridine rings is 1. The molecule has 0 N–H and O–H groups in total. The predicted molar refractivity (Wildman–Crippen MR) is 91.7 cm³/mol. The summed E-state index contributed by atoms with van der Waals surface area (Å²) < 4.78 is 25.2. The Bertz CT molecular complexity index is 919. The molecule has 0 fully saturated rings. The molecule has 0 unspecified atom stereocenters. The number of aromatic nitrogens is 1. The minimum absolute atomic E-state index is 0.0610. The predicted octanol–water partition coefficient (Wildman–Crippen LogP) is 4.03. The molecule has 0 amide bonds. The first-order valence-corrected chi connectivity index (χ1v) is 9.01. The van der Waals surface area contributed by atoms with Gasteiger partial charge < -0.3 is 0 Å². The van der Waals surface area contributed by atoms with Crippen LogP contribution in [0.1, 0.15) is 11.1 Å². The number of sulfone groups is 1. The van der Waals surface area contributed by atoms with Crippen LogP contribution in [0.4, 0.5) is 0 Å². The van der Waals surface area contributed by atoms with Gasteiger partial charge in [-0.3, -0.25) is 0 Å². The first kappa shape index (κ1) is 15.4. The first-order chi connectivity index (χ1) is 11.1. The monoisotopic (exact) mass is 323 g/mol. The van der Waals surface area contributed by atoms with Crippen molar-refractivity contribution in [1.82, 2.24) is 4.98 Å². The number of hydrogen-bond acceptors (Lipinski definition) is 3. The van der Waals surface area contributed by atoms with Crippen LogP contribution in [0.25, 0.3) is 11.1 Å². The van der Waals surface area contributed by atoms with E-state index in [2.05, 4.69) is 4.98 Å². The fraction of sp³-hybridized carbons (Fsp3) is 0.105. The molecule has 0 bridgehead atoms. The molecule has 1 heterocycles. The lowest BCUT2D eigenvalue weighted by Gasteiger charge is -2.12. The van der Waals surface area contributed by atoms with E-state index in [4.69, 9.17) is 0 Å². The van der Waals surface area contributed by atoms with Crippen LogP contribution in [0.5, 0.6) is 0 Å². The van der Waals surface area contributed by atoms with Crippen LogP contribution < -0.4 is 0 Å². The lowest BCUT2D eigenvalue weighted by Crippen LogP contribution is -2.07. The van der Waals surface area contributed by atoms with Crippen LogP contribution in [0.3, 0.4) is 0 Å². The Balaban J connectivity index is 2.04. The summed E-state index contributed by atoms with van der Waals surface area (Å²) >= 11 is 0. The molecule has 0 aliphatic heterocycles. The average Bonchev–Trinajstić information content (AvgIpc) is 2.57. The summed E-state index contributed by atoms with van der Waals surface area (Å²) in [4.78, 5) is 3.98. The third-order valence-electron chi connectivity index (χ3n) is 3.75. The highest BCUT2D eigenvalue weighted by Gasteiger charge is 2.19. The first-order valence-electron chi connectivity index (χ1n) is 7.35. The van der Waals surface area contributed by atoms with Gasteiger partial charge in [-0.1, -0.05) is 54.6 Å². The van der Waals surface area contributed by atoms with E-state index in [1.54, 1.807) is 12.1 Å². The van der Waals surface area contributed by atoms with Crippen molar-refractivity contribution in [2.75, 3.05) is 0 Å². The molecule has 0 saturated carbocycles. The zero-order chi connectivity index (χ0) is 16.3. The van der Waals surface area contributed by atoms with Gasteiger partial charge in [0, 0.05) is 6.20 Å². The number of nitrogens with zero attached hydrogens (tertiary/aromatic N) is 1. The maximum atomic E-state index is 12.6. The molecule has 0 saturated heterocycles. The fourth-order valence-corrected chi connectivity index (χ4v) is 3.91. The normalized spacial score (nSPS) is 11.3. The van der Waals surface area contributed by atoms with E-state index in [-0.39, 0.29) is 10.8 Å². The number of aryl methyl sites for hydroxylation is 1. The van der Waals surface area contributed by atoms with E-state index in [1.165, 1.54) is 12.3 Å². The Hall–Kier alpha value is -2.46. The molecule has 0 atom stereocenters. The van der Waals surface area contributed by atoms with Crippen LogP contribution in [0.2, 0.25) is 0 Å². The van der Waals surface area contributed by atoms with Gasteiger partial charge in [0.1, 0.15) is 0 Å². The topological polar surface area (TPSA) is 47.0 Å². The molecule has 0 aliphatic rings. The van der Waals surface area contributed by atoms with Crippen LogP contribution in [-0.4, -0.2) is 13.4 Å². The average molecular weight is 323 g/mol. The minimum Gasteiger partial charge on any atom is -0.245 e. The second kappa shape index (κ2) is 6.34. The van der Waals surface area contributed by atoms with Crippen molar-refractivity contribution in [3.63, 3.8) is 0 Å². The summed E-state index contributed by atoms with van der Waals surface area (Å²) in [5, 5.41) is 0.111. The zero-order valence-electron chi connectivity index (χ0n) is 12.8. The van der Waals surface area contributed by atoms with Crippen molar-refractivity contribution in [2.24, 2.45) is 0 Å². The van der Waals surface area contributed by atoms with Crippen molar-refractivity contribution in [2.45, 2.75) is 17.7 Å². The lowest BCUT2D eigenvalue weighted by atomic mass is 9.97.